The molecule has 0 saturated heterocycles. The van der Waals surface area contributed by atoms with Gasteiger partial charge in [-0.05, 0) is 67.3 Å². The zero-order chi connectivity index (χ0) is 30.7. The van der Waals surface area contributed by atoms with E-state index in [1.54, 1.807) is 48.4 Å². The van der Waals surface area contributed by atoms with Gasteiger partial charge in [0.2, 0.25) is 21.8 Å². The van der Waals surface area contributed by atoms with E-state index in [0.29, 0.717) is 22.9 Å². The number of sulfonamides is 1. The fourth-order valence-electron chi connectivity index (χ4n) is 4.58. The first-order chi connectivity index (χ1) is 20.0. The lowest BCUT2D eigenvalue weighted by molar-refractivity contribution is -0.141. The Balaban J connectivity index is 1.88. The SMILES string of the molecule is CC[C@@H](C)NC(=O)[C@H](Cc1ccccc1)N(Cc1cccc(Cl)c1)C(=O)CCCN(c1ccc(OC)cc1)S(C)(=O)=O. The molecule has 0 saturated carbocycles. The Morgan fingerprint density at radius 3 is 2.24 bits per heavy atom. The molecule has 226 valence electrons. The quantitative estimate of drug-likeness (QED) is 0.246. The van der Waals surface area contributed by atoms with E-state index in [1.165, 1.54) is 4.31 Å². The Bertz CT molecular complexity index is 1420. The van der Waals surface area contributed by atoms with E-state index >= 15 is 0 Å². The fraction of sp³-hybridized carbons (Fsp3) is 0.375. The topological polar surface area (TPSA) is 96.0 Å². The minimum Gasteiger partial charge on any atom is -0.497 e. The van der Waals surface area contributed by atoms with Gasteiger partial charge in [-0.1, -0.05) is 61.0 Å². The van der Waals surface area contributed by atoms with Crippen molar-refractivity contribution in [2.24, 2.45) is 0 Å². The molecule has 42 heavy (non-hydrogen) atoms. The van der Waals surface area contributed by atoms with Crippen LogP contribution in [0.25, 0.3) is 0 Å². The number of carbonyl (C=O) groups excluding carboxylic acids is 2. The number of nitrogens with one attached hydrogen (secondary N) is 1. The zero-order valence-electron chi connectivity index (χ0n) is 24.6. The summed E-state index contributed by atoms with van der Waals surface area (Å²) >= 11 is 6.25. The molecule has 0 radical (unpaired) electrons. The number of hydrogen-bond donors (Lipinski definition) is 1. The van der Waals surface area contributed by atoms with Gasteiger partial charge in [-0.2, -0.15) is 0 Å². The van der Waals surface area contributed by atoms with Gasteiger partial charge in [-0.15, -0.1) is 0 Å². The second-order valence-corrected chi connectivity index (χ2v) is 12.7. The number of methoxy groups -OCH3 is 1. The largest absolute Gasteiger partial charge is 0.497 e. The van der Waals surface area contributed by atoms with Crippen molar-refractivity contribution >= 4 is 39.1 Å². The van der Waals surface area contributed by atoms with E-state index in [1.807, 2.05) is 56.3 Å². The molecule has 0 aliphatic heterocycles. The fourth-order valence-corrected chi connectivity index (χ4v) is 5.76. The maximum absolute atomic E-state index is 13.9. The number of carbonyl (C=O) groups is 2. The highest BCUT2D eigenvalue weighted by Crippen LogP contribution is 2.23. The molecule has 0 aromatic heterocycles. The highest BCUT2D eigenvalue weighted by Gasteiger charge is 2.31. The van der Waals surface area contributed by atoms with Crippen LogP contribution in [0, 0.1) is 0 Å². The monoisotopic (exact) mass is 613 g/mol. The van der Waals surface area contributed by atoms with Crippen molar-refractivity contribution in [3.63, 3.8) is 0 Å². The molecule has 0 fully saturated rings. The summed E-state index contributed by atoms with van der Waals surface area (Å²) < 4.78 is 31.7. The lowest BCUT2D eigenvalue weighted by Crippen LogP contribution is -2.52. The molecule has 3 aromatic rings. The number of nitrogens with zero attached hydrogens (tertiary/aromatic N) is 2. The molecule has 3 rings (SSSR count). The molecule has 2 atom stereocenters. The molecule has 8 nitrogen and oxygen atoms in total. The minimum atomic E-state index is -3.61. The van der Waals surface area contributed by atoms with Crippen molar-refractivity contribution in [3.05, 3.63) is 95.0 Å². The predicted octanol–water partition coefficient (Wildman–Crippen LogP) is 5.45. The Morgan fingerprint density at radius 1 is 0.976 bits per heavy atom. The zero-order valence-corrected chi connectivity index (χ0v) is 26.2. The van der Waals surface area contributed by atoms with Gasteiger partial charge in [0, 0.05) is 37.0 Å². The Kier molecular flexibility index (Phi) is 12.2. The summed E-state index contributed by atoms with van der Waals surface area (Å²) in [6, 6.07) is 22.7. The summed E-state index contributed by atoms with van der Waals surface area (Å²) in [6.45, 7) is 4.20. The van der Waals surface area contributed by atoms with E-state index in [4.69, 9.17) is 16.3 Å². The van der Waals surface area contributed by atoms with Crippen molar-refractivity contribution in [3.8, 4) is 5.75 Å². The van der Waals surface area contributed by atoms with Crippen LogP contribution in [0.3, 0.4) is 0 Å². The number of benzene rings is 3. The molecule has 1 N–H and O–H groups in total. The molecular formula is C32H40ClN3O5S. The number of ether oxygens (including phenoxy) is 1. The number of rotatable bonds is 15. The lowest BCUT2D eigenvalue weighted by Gasteiger charge is -2.32. The average Bonchev–Trinajstić information content (AvgIpc) is 2.97. The van der Waals surface area contributed by atoms with Crippen LogP contribution in [-0.2, 0) is 32.6 Å². The maximum Gasteiger partial charge on any atom is 0.243 e. The average molecular weight is 614 g/mol. The van der Waals surface area contributed by atoms with Gasteiger partial charge < -0.3 is 15.0 Å². The molecule has 2 amide bonds. The van der Waals surface area contributed by atoms with Gasteiger partial charge in [0.15, 0.2) is 0 Å². The second-order valence-electron chi connectivity index (χ2n) is 10.3. The molecule has 0 unspecified atom stereocenters. The number of hydrogen-bond acceptors (Lipinski definition) is 5. The summed E-state index contributed by atoms with van der Waals surface area (Å²) in [4.78, 5) is 29.1. The summed E-state index contributed by atoms with van der Waals surface area (Å²) in [5, 5.41) is 3.58. The molecule has 3 aromatic carbocycles. The van der Waals surface area contributed by atoms with Crippen molar-refractivity contribution in [1.29, 1.82) is 0 Å². The molecule has 0 aliphatic carbocycles. The van der Waals surface area contributed by atoms with E-state index in [9.17, 15) is 18.0 Å². The summed E-state index contributed by atoms with van der Waals surface area (Å²) in [5.41, 5.74) is 2.20. The van der Waals surface area contributed by atoms with Crippen LogP contribution < -0.4 is 14.4 Å². The van der Waals surface area contributed by atoms with Crippen molar-refractivity contribution in [2.45, 2.75) is 58.2 Å². The second kappa shape index (κ2) is 15.6. The van der Waals surface area contributed by atoms with Gasteiger partial charge in [-0.3, -0.25) is 13.9 Å². The van der Waals surface area contributed by atoms with Crippen molar-refractivity contribution < 1.29 is 22.7 Å². The number of amides is 2. The van der Waals surface area contributed by atoms with E-state index in [0.717, 1.165) is 23.8 Å². The third-order valence-electron chi connectivity index (χ3n) is 7.03. The lowest BCUT2D eigenvalue weighted by atomic mass is 10.0. The van der Waals surface area contributed by atoms with Crippen LogP contribution in [0.2, 0.25) is 5.02 Å². The van der Waals surface area contributed by atoms with Crippen LogP contribution in [0.5, 0.6) is 5.75 Å². The normalized spacial score (nSPS) is 12.7. The van der Waals surface area contributed by atoms with E-state index in [2.05, 4.69) is 5.32 Å². The minimum absolute atomic E-state index is 0.0463. The van der Waals surface area contributed by atoms with Gasteiger partial charge in [0.1, 0.15) is 11.8 Å². The molecule has 0 bridgehead atoms. The third kappa shape index (κ3) is 9.77. The Morgan fingerprint density at radius 2 is 1.64 bits per heavy atom. The van der Waals surface area contributed by atoms with E-state index in [-0.39, 0.29) is 43.8 Å². The van der Waals surface area contributed by atoms with Crippen LogP contribution in [0.15, 0.2) is 78.9 Å². The Labute approximate surface area is 254 Å². The van der Waals surface area contributed by atoms with E-state index < -0.39 is 16.1 Å². The van der Waals surface area contributed by atoms with Crippen LogP contribution in [-0.4, -0.2) is 57.1 Å². The maximum atomic E-state index is 13.9. The highest BCUT2D eigenvalue weighted by atomic mass is 35.5. The summed E-state index contributed by atoms with van der Waals surface area (Å²) in [5.74, 6) is 0.122. The smallest absolute Gasteiger partial charge is 0.243 e. The number of halogens is 1. The summed E-state index contributed by atoms with van der Waals surface area (Å²) in [6.07, 6.45) is 2.52. The first-order valence-electron chi connectivity index (χ1n) is 14.0. The molecule has 0 heterocycles. The molecular weight excluding hydrogens is 574 g/mol. The van der Waals surface area contributed by atoms with Gasteiger partial charge in [0.05, 0.1) is 19.1 Å². The predicted molar refractivity (Wildman–Crippen MR) is 168 cm³/mol. The molecule has 0 aliphatic rings. The van der Waals surface area contributed by atoms with Gasteiger partial charge in [-0.25, -0.2) is 8.42 Å². The molecule has 10 heteroatoms. The van der Waals surface area contributed by atoms with Crippen molar-refractivity contribution in [2.75, 3.05) is 24.2 Å². The first kappa shape index (κ1) is 32.9. The third-order valence-corrected chi connectivity index (χ3v) is 8.46. The Hall–Kier alpha value is -3.56. The van der Waals surface area contributed by atoms with Crippen LogP contribution in [0.4, 0.5) is 5.69 Å². The van der Waals surface area contributed by atoms with Crippen molar-refractivity contribution in [1.82, 2.24) is 10.2 Å². The highest BCUT2D eigenvalue weighted by molar-refractivity contribution is 7.92. The number of anilines is 1. The van der Waals surface area contributed by atoms with Gasteiger partial charge >= 0.3 is 0 Å². The first-order valence-corrected chi connectivity index (χ1v) is 16.2. The van der Waals surface area contributed by atoms with Crippen LogP contribution >= 0.6 is 11.6 Å². The van der Waals surface area contributed by atoms with Gasteiger partial charge in [0.25, 0.3) is 0 Å². The van der Waals surface area contributed by atoms with Crippen LogP contribution in [0.1, 0.15) is 44.2 Å². The summed E-state index contributed by atoms with van der Waals surface area (Å²) in [7, 11) is -2.07. The standard InChI is InChI=1S/C32H40ClN3O5S/c1-5-24(2)34-32(38)30(22-25-11-7-6-8-12-25)35(23-26-13-9-14-27(33)21-26)31(37)15-10-20-36(42(4,39)40)28-16-18-29(41-3)19-17-28/h6-9,11-14,16-19,21,24,30H,5,10,15,20,22-23H2,1-4H3,(H,34,38)/t24-,30+/m1/s1. The molecule has 0 spiro atoms.